The van der Waals surface area contributed by atoms with E-state index in [0.717, 1.165) is 0 Å². The van der Waals surface area contributed by atoms with E-state index in [9.17, 15) is 4.79 Å². The topological polar surface area (TPSA) is 55.8 Å². The summed E-state index contributed by atoms with van der Waals surface area (Å²) >= 11 is 0. The summed E-state index contributed by atoms with van der Waals surface area (Å²) in [6.45, 7) is 1.47. The van der Waals surface area contributed by atoms with Gasteiger partial charge in [0.15, 0.2) is 0 Å². The van der Waals surface area contributed by atoms with Gasteiger partial charge in [0.2, 0.25) is 0 Å². The summed E-state index contributed by atoms with van der Waals surface area (Å²) < 4.78 is 9.32. The van der Waals surface area contributed by atoms with Gasteiger partial charge >= 0.3 is 5.97 Å². The fraction of sp³-hybridized carbons (Fsp3) is 0.833. The normalized spacial score (nSPS) is 12.7. The fourth-order valence-electron chi connectivity index (χ4n) is 0.530. The van der Waals surface area contributed by atoms with Crippen LogP contribution in [0.1, 0.15) is 6.92 Å². The average molecular weight is 148 g/mol. The van der Waals surface area contributed by atoms with E-state index >= 15 is 0 Å². The van der Waals surface area contributed by atoms with E-state index in [1.165, 1.54) is 7.11 Å². The molecule has 10 heavy (non-hydrogen) atoms. The number of aliphatic hydroxyl groups excluding tert-OH is 1. The minimum Gasteiger partial charge on any atom is -0.459 e. The molecular formula is C6H12O4. The van der Waals surface area contributed by atoms with Gasteiger partial charge in [0.1, 0.15) is 12.7 Å². The van der Waals surface area contributed by atoms with Crippen LogP contribution in [0.5, 0.6) is 0 Å². The van der Waals surface area contributed by atoms with Crippen molar-refractivity contribution in [2.24, 2.45) is 0 Å². The number of carbonyl (C=O) groups excluding carboxylic acids is 1. The minimum atomic E-state index is -0.621. The first-order chi connectivity index (χ1) is 4.70. The van der Waals surface area contributed by atoms with Crippen LogP contribution in [0.15, 0.2) is 0 Å². The molecule has 0 fully saturated rings. The highest BCUT2D eigenvalue weighted by Gasteiger charge is 2.06. The van der Waals surface area contributed by atoms with Crippen LogP contribution in [-0.2, 0) is 14.3 Å². The molecule has 0 aromatic heterocycles. The predicted molar refractivity (Wildman–Crippen MR) is 34.5 cm³/mol. The lowest BCUT2D eigenvalue weighted by Gasteiger charge is -2.09. The van der Waals surface area contributed by atoms with Crippen molar-refractivity contribution in [3.8, 4) is 0 Å². The highest BCUT2D eigenvalue weighted by molar-refractivity contribution is 5.70. The number of hydrogen-bond donors (Lipinski definition) is 1. The van der Waals surface area contributed by atoms with E-state index in [-0.39, 0.29) is 6.10 Å². The molecule has 0 aliphatic heterocycles. The summed E-state index contributed by atoms with van der Waals surface area (Å²) in [7, 11) is 1.52. The van der Waals surface area contributed by atoms with Crippen LogP contribution in [-0.4, -0.2) is 37.5 Å². The molecule has 0 heterocycles. The van der Waals surface area contributed by atoms with Crippen LogP contribution >= 0.6 is 0 Å². The molecule has 0 aromatic rings. The molecule has 0 saturated heterocycles. The third kappa shape index (κ3) is 4.29. The van der Waals surface area contributed by atoms with E-state index in [1.807, 2.05) is 0 Å². The molecule has 0 rings (SSSR count). The standard InChI is InChI=1S/C6H12O4/c1-5(4-9-2)10-6(8)3-7/h5,7H,3-4H2,1-2H3. The predicted octanol–water partition coefficient (Wildman–Crippen LogP) is -0.443. The number of ether oxygens (including phenoxy) is 2. The summed E-state index contributed by atoms with van der Waals surface area (Å²) in [4.78, 5) is 10.4. The van der Waals surface area contributed by atoms with Crippen LogP contribution in [0, 0.1) is 0 Å². The Kier molecular flexibility index (Phi) is 4.88. The van der Waals surface area contributed by atoms with Gasteiger partial charge in [-0.2, -0.15) is 0 Å². The van der Waals surface area contributed by atoms with Gasteiger partial charge in [-0.1, -0.05) is 0 Å². The molecule has 0 bridgehead atoms. The fourth-order valence-corrected chi connectivity index (χ4v) is 0.530. The number of rotatable bonds is 4. The summed E-state index contributed by atoms with van der Waals surface area (Å²) in [5, 5.41) is 8.24. The smallest absolute Gasteiger partial charge is 0.332 e. The van der Waals surface area contributed by atoms with Gasteiger partial charge in [-0.3, -0.25) is 0 Å². The molecule has 0 spiro atoms. The number of hydrogen-bond acceptors (Lipinski definition) is 4. The van der Waals surface area contributed by atoms with Crippen molar-refractivity contribution in [3.63, 3.8) is 0 Å². The van der Waals surface area contributed by atoms with Crippen molar-refractivity contribution in [3.05, 3.63) is 0 Å². The molecule has 4 heteroatoms. The van der Waals surface area contributed by atoms with Crippen molar-refractivity contribution in [1.82, 2.24) is 0 Å². The molecule has 0 amide bonds. The quantitative estimate of drug-likeness (QED) is 0.549. The van der Waals surface area contributed by atoms with Gasteiger partial charge < -0.3 is 14.6 Å². The van der Waals surface area contributed by atoms with Crippen LogP contribution in [0.25, 0.3) is 0 Å². The summed E-state index contributed by atoms with van der Waals surface area (Å²) in [5.74, 6) is -0.621. The molecule has 0 saturated carbocycles. The Balaban J connectivity index is 3.37. The van der Waals surface area contributed by atoms with E-state index in [4.69, 9.17) is 9.84 Å². The molecule has 0 aromatic carbocycles. The second-order valence-electron chi connectivity index (χ2n) is 1.91. The van der Waals surface area contributed by atoms with Crippen molar-refractivity contribution in [1.29, 1.82) is 0 Å². The van der Waals surface area contributed by atoms with Gasteiger partial charge in [-0.15, -0.1) is 0 Å². The van der Waals surface area contributed by atoms with Crippen molar-refractivity contribution in [2.75, 3.05) is 20.3 Å². The number of methoxy groups -OCH3 is 1. The first kappa shape index (κ1) is 9.39. The third-order valence-electron chi connectivity index (χ3n) is 0.863. The zero-order valence-corrected chi connectivity index (χ0v) is 6.16. The van der Waals surface area contributed by atoms with Crippen molar-refractivity contribution >= 4 is 5.97 Å². The van der Waals surface area contributed by atoms with E-state index in [0.29, 0.717) is 6.61 Å². The Hall–Kier alpha value is -0.610. The first-order valence-electron chi connectivity index (χ1n) is 3.00. The maximum atomic E-state index is 10.4. The van der Waals surface area contributed by atoms with Gasteiger partial charge in [0.05, 0.1) is 6.61 Å². The zero-order valence-electron chi connectivity index (χ0n) is 6.16. The molecule has 1 N–H and O–H groups in total. The lowest BCUT2D eigenvalue weighted by atomic mass is 10.4. The van der Waals surface area contributed by atoms with Gasteiger partial charge in [-0.25, -0.2) is 4.79 Å². The molecule has 60 valence electrons. The molecule has 1 atom stereocenters. The maximum Gasteiger partial charge on any atom is 0.332 e. The number of esters is 1. The Morgan fingerprint density at radius 3 is 2.70 bits per heavy atom. The average Bonchev–Trinajstić information content (AvgIpc) is 1.88. The number of carbonyl (C=O) groups is 1. The Morgan fingerprint density at radius 2 is 2.30 bits per heavy atom. The third-order valence-corrected chi connectivity index (χ3v) is 0.863. The van der Waals surface area contributed by atoms with E-state index in [2.05, 4.69) is 4.74 Å². The van der Waals surface area contributed by atoms with Crippen LogP contribution < -0.4 is 0 Å². The second kappa shape index (κ2) is 5.20. The molecule has 0 aliphatic rings. The molecular weight excluding hydrogens is 136 g/mol. The Labute approximate surface area is 59.7 Å². The van der Waals surface area contributed by atoms with Crippen LogP contribution in [0.4, 0.5) is 0 Å². The summed E-state index contributed by atoms with van der Waals surface area (Å²) in [6.07, 6.45) is -0.287. The molecule has 0 aliphatic carbocycles. The maximum absolute atomic E-state index is 10.4. The first-order valence-corrected chi connectivity index (χ1v) is 3.00. The highest BCUT2D eigenvalue weighted by atomic mass is 16.6. The second-order valence-corrected chi connectivity index (χ2v) is 1.91. The molecule has 0 radical (unpaired) electrons. The summed E-state index contributed by atoms with van der Waals surface area (Å²) in [6, 6.07) is 0. The molecule has 4 nitrogen and oxygen atoms in total. The van der Waals surface area contributed by atoms with Gasteiger partial charge in [0, 0.05) is 7.11 Å². The highest BCUT2D eigenvalue weighted by Crippen LogP contribution is 1.90. The van der Waals surface area contributed by atoms with Crippen molar-refractivity contribution in [2.45, 2.75) is 13.0 Å². The minimum absolute atomic E-state index is 0.287. The van der Waals surface area contributed by atoms with E-state index < -0.39 is 12.6 Å². The van der Waals surface area contributed by atoms with Crippen LogP contribution in [0.3, 0.4) is 0 Å². The Morgan fingerprint density at radius 1 is 1.70 bits per heavy atom. The van der Waals surface area contributed by atoms with Crippen molar-refractivity contribution < 1.29 is 19.4 Å². The van der Waals surface area contributed by atoms with E-state index in [1.54, 1.807) is 6.92 Å². The lowest BCUT2D eigenvalue weighted by molar-refractivity contribution is -0.153. The van der Waals surface area contributed by atoms with Crippen LogP contribution in [0.2, 0.25) is 0 Å². The van der Waals surface area contributed by atoms with Gasteiger partial charge in [0.25, 0.3) is 0 Å². The Bertz CT molecular complexity index is 102. The zero-order chi connectivity index (χ0) is 7.98. The largest absolute Gasteiger partial charge is 0.459 e. The lowest BCUT2D eigenvalue weighted by Crippen LogP contribution is -2.21. The monoisotopic (exact) mass is 148 g/mol. The number of aliphatic hydroxyl groups is 1. The SMILES string of the molecule is COCC(C)OC(=O)CO. The summed E-state index contributed by atoms with van der Waals surface area (Å²) in [5.41, 5.74) is 0. The molecule has 1 unspecified atom stereocenters. The van der Waals surface area contributed by atoms with Gasteiger partial charge in [-0.05, 0) is 6.92 Å².